The Balaban J connectivity index is 1.89. The lowest BCUT2D eigenvalue weighted by Gasteiger charge is -2.13. The zero-order valence-corrected chi connectivity index (χ0v) is 17.0. The number of nitrogens with zero attached hydrogens (tertiary/aromatic N) is 3. The highest BCUT2D eigenvalue weighted by molar-refractivity contribution is 6.23. The van der Waals surface area contributed by atoms with Crippen LogP contribution in [0.1, 0.15) is 30.2 Å². The highest BCUT2D eigenvalue weighted by Crippen LogP contribution is 2.33. The Labute approximate surface area is 181 Å². The number of hydrogen-bond donors (Lipinski definition) is 1. The van der Waals surface area contributed by atoms with Gasteiger partial charge in [0.15, 0.2) is 5.65 Å². The van der Waals surface area contributed by atoms with Crippen LogP contribution < -0.4 is 0 Å². The summed E-state index contributed by atoms with van der Waals surface area (Å²) in [6.45, 7) is 1.88. The first-order valence-corrected chi connectivity index (χ1v) is 9.84. The molecule has 8 heteroatoms. The van der Waals surface area contributed by atoms with Crippen LogP contribution in [0.3, 0.4) is 0 Å². The number of aliphatic carboxylic acids is 1. The number of hydrogen-bond acceptors (Lipinski definition) is 3. The van der Waals surface area contributed by atoms with E-state index in [0.29, 0.717) is 34.5 Å². The van der Waals surface area contributed by atoms with Gasteiger partial charge in [0, 0.05) is 11.8 Å². The van der Waals surface area contributed by atoms with Gasteiger partial charge in [0.25, 0.3) is 0 Å². The normalized spacial score (nSPS) is 12.6. The van der Waals surface area contributed by atoms with Gasteiger partial charge in [0.05, 0.1) is 23.0 Å². The number of carbonyl (C=O) groups is 1. The van der Waals surface area contributed by atoms with Crippen molar-refractivity contribution in [1.29, 1.82) is 0 Å². The van der Waals surface area contributed by atoms with Crippen molar-refractivity contribution >= 4 is 22.8 Å². The van der Waals surface area contributed by atoms with Crippen molar-refractivity contribution in [3.05, 3.63) is 89.9 Å². The van der Waals surface area contributed by atoms with Crippen LogP contribution in [0, 0.1) is 0 Å². The molecule has 162 valence electrons. The van der Waals surface area contributed by atoms with E-state index in [1.54, 1.807) is 6.07 Å². The average molecular weight is 437 g/mol. The Kier molecular flexibility index (Phi) is 5.52. The van der Waals surface area contributed by atoms with Gasteiger partial charge < -0.3 is 5.11 Å². The van der Waals surface area contributed by atoms with Crippen LogP contribution in [0.2, 0.25) is 0 Å². The molecule has 0 unspecified atom stereocenters. The molecule has 0 spiro atoms. The molecule has 4 aromatic rings. The lowest BCUT2D eigenvalue weighted by molar-refractivity contribution is -0.137. The molecular weight excluding hydrogens is 419 g/mol. The second kappa shape index (κ2) is 8.30. The molecule has 0 amide bonds. The molecule has 0 saturated heterocycles. The predicted octanol–water partition coefficient (Wildman–Crippen LogP) is 5.82. The maximum Gasteiger partial charge on any atom is 0.416 e. The summed E-state index contributed by atoms with van der Waals surface area (Å²) in [7, 11) is 0. The molecule has 0 fully saturated rings. The molecule has 0 radical (unpaired) electrons. The third-order valence-corrected chi connectivity index (χ3v) is 5.17. The van der Waals surface area contributed by atoms with E-state index in [4.69, 9.17) is 0 Å². The summed E-state index contributed by atoms with van der Waals surface area (Å²) in [4.78, 5) is 16.6. The van der Waals surface area contributed by atoms with Crippen molar-refractivity contribution in [3.8, 4) is 11.1 Å². The zero-order chi connectivity index (χ0) is 22.9. The van der Waals surface area contributed by atoms with E-state index < -0.39 is 17.7 Å². The molecule has 2 heterocycles. The van der Waals surface area contributed by atoms with E-state index >= 15 is 0 Å². The van der Waals surface area contributed by atoms with Gasteiger partial charge in [0.2, 0.25) is 0 Å². The highest BCUT2D eigenvalue weighted by Gasteiger charge is 2.30. The summed E-state index contributed by atoms with van der Waals surface area (Å²) in [5.74, 6) is -1.11. The molecule has 0 saturated carbocycles. The number of benzene rings is 2. The molecule has 0 atom stereocenters. The van der Waals surface area contributed by atoms with Gasteiger partial charge in [-0.15, -0.1) is 0 Å². The lowest BCUT2D eigenvalue weighted by Crippen LogP contribution is -2.09. The summed E-state index contributed by atoms with van der Waals surface area (Å²) < 4.78 is 40.1. The molecule has 0 aliphatic heterocycles. The first kappa shape index (κ1) is 21.3. The fourth-order valence-corrected chi connectivity index (χ4v) is 3.68. The van der Waals surface area contributed by atoms with E-state index in [9.17, 15) is 23.1 Å². The minimum absolute atomic E-state index is 0.0909. The van der Waals surface area contributed by atoms with Gasteiger partial charge >= 0.3 is 12.1 Å². The molecule has 1 N–H and O–H groups in total. The number of aromatic nitrogens is 3. The van der Waals surface area contributed by atoms with Crippen molar-refractivity contribution < 1.29 is 23.1 Å². The third-order valence-electron chi connectivity index (χ3n) is 5.17. The van der Waals surface area contributed by atoms with Gasteiger partial charge in [-0.05, 0) is 41.3 Å². The fraction of sp³-hybridized carbons (Fsp3) is 0.125. The maximum atomic E-state index is 12.9. The molecule has 5 nitrogen and oxygen atoms in total. The number of rotatable bonds is 5. The summed E-state index contributed by atoms with van der Waals surface area (Å²) >= 11 is 0. The average Bonchev–Trinajstić information content (AvgIpc) is 3.22. The van der Waals surface area contributed by atoms with Crippen LogP contribution in [0.15, 0.2) is 73.1 Å². The molecule has 0 bridgehead atoms. The van der Waals surface area contributed by atoms with E-state index in [-0.39, 0.29) is 5.57 Å². The van der Waals surface area contributed by atoms with E-state index in [1.807, 2.05) is 37.3 Å². The molecule has 0 aliphatic rings. The quantitative estimate of drug-likeness (QED) is 0.400. The summed E-state index contributed by atoms with van der Waals surface area (Å²) in [6, 6.07) is 15.5. The van der Waals surface area contributed by atoms with Crippen molar-refractivity contribution in [3.63, 3.8) is 0 Å². The summed E-state index contributed by atoms with van der Waals surface area (Å²) in [5, 5.41) is 14.4. The molecular formula is C24H18F3N3O2. The van der Waals surface area contributed by atoms with Gasteiger partial charge in [-0.2, -0.15) is 18.3 Å². The third kappa shape index (κ3) is 3.87. The van der Waals surface area contributed by atoms with Crippen LogP contribution in [-0.4, -0.2) is 25.7 Å². The van der Waals surface area contributed by atoms with Crippen LogP contribution in [0.4, 0.5) is 13.2 Å². The number of allylic oxidation sites excluding steroid dienone is 1. The fourth-order valence-electron chi connectivity index (χ4n) is 3.68. The lowest BCUT2D eigenvalue weighted by atomic mass is 9.95. The first-order chi connectivity index (χ1) is 15.3. The van der Waals surface area contributed by atoms with Crippen molar-refractivity contribution in [2.45, 2.75) is 19.5 Å². The predicted molar refractivity (Wildman–Crippen MR) is 115 cm³/mol. The van der Waals surface area contributed by atoms with Crippen molar-refractivity contribution in [1.82, 2.24) is 14.6 Å². The standard InChI is InChI=1S/C24H18F3N3O2/c1-2-18(15-6-4-3-5-7-15)21(23(31)32)20-12-13-28-22-19(14-29-30(20)22)16-8-10-17(11-9-16)24(25,26)27/h3-14H,2H2,1H3,(H,31,32)/b21-18+. The Morgan fingerprint density at radius 3 is 2.31 bits per heavy atom. The van der Waals surface area contributed by atoms with Gasteiger partial charge in [-0.25, -0.2) is 14.3 Å². The van der Waals surface area contributed by atoms with Gasteiger partial charge in [-0.1, -0.05) is 49.4 Å². The Hall–Kier alpha value is -3.94. The van der Waals surface area contributed by atoms with Crippen LogP contribution >= 0.6 is 0 Å². The Morgan fingerprint density at radius 2 is 1.72 bits per heavy atom. The molecule has 32 heavy (non-hydrogen) atoms. The first-order valence-electron chi connectivity index (χ1n) is 9.84. The number of carboxylic acids is 1. The second-order valence-electron chi connectivity index (χ2n) is 7.08. The highest BCUT2D eigenvalue weighted by atomic mass is 19.4. The van der Waals surface area contributed by atoms with Crippen LogP contribution in [0.5, 0.6) is 0 Å². The number of fused-ring (bicyclic) bond motifs is 1. The monoisotopic (exact) mass is 437 g/mol. The SMILES string of the molecule is CC/C(=C(\C(=O)O)c1ccnc2c(-c3ccc(C(F)(F)F)cc3)cnn12)c1ccccc1. The van der Waals surface area contributed by atoms with Gasteiger partial charge in [0.1, 0.15) is 0 Å². The van der Waals surface area contributed by atoms with Crippen molar-refractivity contribution in [2.24, 2.45) is 0 Å². The molecule has 2 aromatic heterocycles. The zero-order valence-electron chi connectivity index (χ0n) is 17.0. The minimum Gasteiger partial charge on any atom is -0.478 e. The van der Waals surface area contributed by atoms with Crippen LogP contribution in [-0.2, 0) is 11.0 Å². The molecule has 0 aliphatic carbocycles. The van der Waals surface area contributed by atoms with Crippen molar-refractivity contribution in [2.75, 3.05) is 0 Å². The topological polar surface area (TPSA) is 67.5 Å². The molecule has 2 aromatic carbocycles. The number of halogens is 3. The van der Waals surface area contributed by atoms with E-state index in [0.717, 1.165) is 17.7 Å². The Morgan fingerprint density at radius 1 is 1.03 bits per heavy atom. The summed E-state index contributed by atoms with van der Waals surface area (Å²) in [5.41, 5.74) is 2.45. The smallest absolute Gasteiger partial charge is 0.416 e. The van der Waals surface area contributed by atoms with Crippen LogP contribution in [0.25, 0.3) is 27.9 Å². The molecule has 4 rings (SSSR count). The number of carboxylic acid groups (broad SMARTS) is 1. The van der Waals surface area contributed by atoms with E-state index in [1.165, 1.54) is 29.0 Å². The summed E-state index contributed by atoms with van der Waals surface area (Å²) in [6.07, 6.45) is -1.01. The van der Waals surface area contributed by atoms with E-state index in [2.05, 4.69) is 10.1 Å². The number of alkyl halides is 3. The Bertz CT molecular complexity index is 1310. The van der Waals surface area contributed by atoms with Gasteiger partial charge in [-0.3, -0.25) is 0 Å². The largest absolute Gasteiger partial charge is 0.478 e. The maximum absolute atomic E-state index is 12.9. The minimum atomic E-state index is -4.43. The second-order valence-corrected chi connectivity index (χ2v) is 7.08.